The van der Waals surface area contributed by atoms with Crippen LogP contribution in [0.25, 0.3) is 0 Å². The van der Waals surface area contributed by atoms with Crippen molar-refractivity contribution in [3.63, 3.8) is 0 Å². The molecule has 0 bridgehead atoms. The van der Waals surface area contributed by atoms with E-state index in [4.69, 9.17) is 23.2 Å². The van der Waals surface area contributed by atoms with E-state index < -0.39 is 6.03 Å². The van der Waals surface area contributed by atoms with E-state index in [9.17, 15) is 9.59 Å². The second kappa shape index (κ2) is 9.11. The van der Waals surface area contributed by atoms with E-state index in [-0.39, 0.29) is 11.9 Å². The average Bonchev–Trinajstić information content (AvgIpc) is 2.62. The molecule has 0 radical (unpaired) electrons. The van der Waals surface area contributed by atoms with Crippen LogP contribution < -0.4 is 16.0 Å². The fourth-order valence-corrected chi connectivity index (χ4v) is 3.74. The van der Waals surface area contributed by atoms with Crippen LogP contribution in [0.5, 0.6) is 0 Å². The molecule has 0 aromatic heterocycles. The third-order valence-electron chi connectivity index (χ3n) is 4.48. The Balaban J connectivity index is 1.67. The largest absolute Gasteiger partial charge is 0.349 e. The highest BCUT2D eigenvalue weighted by Crippen LogP contribution is 2.23. The highest BCUT2D eigenvalue weighted by molar-refractivity contribution is 6.35. The van der Waals surface area contributed by atoms with Gasteiger partial charge in [-0.3, -0.25) is 4.79 Å². The van der Waals surface area contributed by atoms with Gasteiger partial charge >= 0.3 is 6.03 Å². The minimum absolute atomic E-state index is 0.177. The molecular formula is C20H21Cl2N3O2. The zero-order valence-corrected chi connectivity index (χ0v) is 16.2. The first-order valence-corrected chi connectivity index (χ1v) is 9.71. The van der Waals surface area contributed by atoms with Crippen molar-refractivity contribution in [1.82, 2.24) is 5.32 Å². The molecule has 0 unspecified atom stereocenters. The molecular weight excluding hydrogens is 385 g/mol. The molecule has 3 amide bonds. The summed E-state index contributed by atoms with van der Waals surface area (Å²) in [6, 6.07) is 11.4. The SMILES string of the molecule is O=C(Nc1cc(Cl)cc(Cl)c1)Nc1ccccc1C(=O)NC1CCCCC1. The number of nitrogens with one attached hydrogen (secondary N) is 3. The first-order valence-electron chi connectivity index (χ1n) is 8.95. The van der Waals surface area contributed by atoms with Crippen molar-refractivity contribution >= 4 is 46.5 Å². The van der Waals surface area contributed by atoms with Crippen molar-refractivity contribution in [3.05, 3.63) is 58.1 Å². The maximum atomic E-state index is 12.6. The zero-order valence-electron chi connectivity index (χ0n) is 14.7. The fourth-order valence-electron chi connectivity index (χ4n) is 3.21. The van der Waals surface area contributed by atoms with Crippen LogP contribution >= 0.6 is 23.2 Å². The van der Waals surface area contributed by atoms with Crippen LogP contribution in [-0.2, 0) is 0 Å². The van der Waals surface area contributed by atoms with Gasteiger partial charge in [0.25, 0.3) is 5.91 Å². The van der Waals surface area contributed by atoms with Gasteiger partial charge in [0.2, 0.25) is 0 Å². The maximum absolute atomic E-state index is 12.6. The Morgan fingerprint density at radius 3 is 2.26 bits per heavy atom. The quantitative estimate of drug-likeness (QED) is 0.610. The number of carbonyl (C=O) groups is 2. The monoisotopic (exact) mass is 405 g/mol. The highest BCUT2D eigenvalue weighted by atomic mass is 35.5. The molecule has 0 aliphatic heterocycles. The molecule has 1 aliphatic carbocycles. The first-order chi connectivity index (χ1) is 13.0. The number of amides is 3. The Labute approximate surface area is 168 Å². The summed E-state index contributed by atoms with van der Waals surface area (Å²) in [6.07, 6.45) is 5.48. The molecule has 27 heavy (non-hydrogen) atoms. The van der Waals surface area contributed by atoms with Crippen LogP contribution in [0.15, 0.2) is 42.5 Å². The second-order valence-electron chi connectivity index (χ2n) is 6.59. The van der Waals surface area contributed by atoms with E-state index in [1.807, 2.05) is 0 Å². The summed E-state index contributed by atoms with van der Waals surface area (Å²) in [6.45, 7) is 0. The van der Waals surface area contributed by atoms with Gasteiger partial charge in [0.15, 0.2) is 0 Å². The lowest BCUT2D eigenvalue weighted by atomic mass is 9.95. The molecule has 1 aliphatic rings. The van der Waals surface area contributed by atoms with Crippen LogP contribution in [-0.4, -0.2) is 18.0 Å². The minimum Gasteiger partial charge on any atom is -0.349 e. The summed E-state index contributed by atoms with van der Waals surface area (Å²) in [5.74, 6) is -0.177. The Hall–Kier alpha value is -2.24. The van der Waals surface area contributed by atoms with E-state index in [1.54, 1.807) is 42.5 Å². The predicted molar refractivity (Wildman–Crippen MR) is 110 cm³/mol. The summed E-state index contributed by atoms with van der Waals surface area (Å²) in [7, 11) is 0. The van der Waals surface area contributed by atoms with Crippen LogP contribution in [0.1, 0.15) is 42.5 Å². The third-order valence-corrected chi connectivity index (χ3v) is 4.92. The van der Waals surface area contributed by atoms with Gasteiger partial charge in [-0.1, -0.05) is 54.6 Å². The Morgan fingerprint density at radius 1 is 0.889 bits per heavy atom. The molecule has 3 rings (SSSR count). The predicted octanol–water partition coefficient (Wildman–Crippen LogP) is 5.70. The number of benzene rings is 2. The number of carbonyl (C=O) groups excluding carboxylic acids is 2. The molecule has 3 N–H and O–H groups in total. The number of halogens is 2. The summed E-state index contributed by atoms with van der Waals surface area (Å²) in [5.41, 5.74) is 1.34. The van der Waals surface area contributed by atoms with Crippen LogP contribution in [0.3, 0.4) is 0 Å². The van der Waals surface area contributed by atoms with Gasteiger partial charge in [-0.25, -0.2) is 4.79 Å². The van der Waals surface area contributed by atoms with Gasteiger partial charge in [0.1, 0.15) is 0 Å². The van der Waals surface area contributed by atoms with Crippen LogP contribution in [0.2, 0.25) is 10.0 Å². The summed E-state index contributed by atoms with van der Waals surface area (Å²) in [5, 5.41) is 9.30. The van der Waals surface area contributed by atoms with Gasteiger partial charge in [0.05, 0.1) is 11.3 Å². The van der Waals surface area contributed by atoms with E-state index in [2.05, 4.69) is 16.0 Å². The molecule has 0 atom stereocenters. The van der Waals surface area contributed by atoms with Crippen molar-refractivity contribution in [3.8, 4) is 0 Å². The number of anilines is 2. The van der Waals surface area contributed by atoms with E-state index in [0.717, 1.165) is 25.7 Å². The van der Waals surface area contributed by atoms with Crippen molar-refractivity contribution in [2.75, 3.05) is 10.6 Å². The number of rotatable bonds is 4. The topological polar surface area (TPSA) is 70.2 Å². The second-order valence-corrected chi connectivity index (χ2v) is 7.46. The third kappa shape index (κ3) is 5.62. The maximum Gasteiger partial charge on any atom is 0.323 e. The van der Waals surface area contributed by atoms with Crippen LogP contribution in [0.4, 0.5) is 16.2 Å². The summed E-state index contributed by atoms with van der Waals surface area (Å²) < 4.78 is 0. The van der Waals surface area contributed by atoms with Gasteiger partial charge in [-0.15, -0.1) is 0 Å². The number of hydrogen-bond acceptors (Lipinski definition) is 2. The normalized spacial score (nSPS) is 14.4. The lowest BCUT2D eigenvalue weighted by molar-refractivity contribution is 0.0928. The molecule has 2 aromatic rings. The molecule has 7 heteroatoms. The van der Waals surface area contributed by atoms with Crippen molar-refractivity contribution in [1.29, 1.82) is 0 Å². The van der Waals surface area contributed by atoms with Gasteiger partial charge in [-0.2, -0.15) is 0 Å². The molecule has 142 valence electrons. The fraction of sp³-hybridized carbons (Fsp3) is 0.300. The molecule has 0 heterocycles. The molecule has 1 fully saturated rings. The number of hydrogen-bond donors (Lipinski definition) is 3. The van der Waals surface area contributed by atoms with Crippen LogP contribution in [0, 0.1) is 0 Å². The van der Waals surface area contributed by atoms with Crippen molar-refractivity contribution < 1.29 is 9.59 Å². The minimum atomic E-state index is -0.480. The summed E-state index contributed by atoms with van der Waals surface area (Å²) in [4.78, 5) is 25.0. The lowest BCUT2D eigenvalue weighted by Crippen LogP contribution is -2.36. The smallest absolute Gasteiger partial charge is 0.323 e. The van der Waals surface area contributed by atoms with Crippen molar-refractivity contribution in [2.45, 2.75) is 38.1 Å². The molecule has 2 aromatic carbocycles. The molecule has 1 saturated carbocycles. The van der Waals surface area contributed by atoms with E-state index >= 15 is 0 Å². The molecule has 5 nitrogen and oxygen atoms in total. The summed E-state index contributed by atoms with van der Waals surface area (Å²) >= 11 is 11.9. The Kier molecular flexibility index (Phi) is 6.58. The van der Waals surface area contributed by atoms with Crippen molar-refractivity contribution in [2.24, 2.45) is 0 Å². The average molecular weight is 406 g/mol. The number of urea groups is 1. The first kappa shape index (κ1) is 19.5. The van der Waals surface area contributed by atoms with Gasteiger partial charge in [0, 0.05) is 21.8 Å². The standard InChI is InChI=1S/C20H21Cl2N3O2/c21-13-10-14(22)12-16(11-13)24-20(27)25-18-9-5-4-8-17(18)19(26)23-15-6-2-1-3-7-15/h4-5,8-12,15H,1-3,6-7H2,(H,23,26)(H2,24,25,27). The zero-order chi connectivity index (χ0) is 19.2. The number of para-hydroxylation sites is 1. The Bertz CT molecular complexity index is 815. The Morgan fingerprint density at radius 2 is 1.56 bits per heavy atom. The lowest BCUT2D eigenvalue weighted by Gasteiger charge is -2.23. The van der Waals surface area contributed by atoms with Gasteiger partial charge in [-0.05, 0) is 43.2 Å². The van der Waals surface area contributed by atoms with E-state index in [0.29, 0.717) is 27.0 Å². The molecule has 0 saturated heterocycles. The molecule has 0 spiro atoms. The highest BCUT2D eigenvalue weighted by Gasteiger charge is 2.19. The van der Waals surface area contributed by atoms with Gasteiger partial charge < -0.3 is 16.0 Å². The van der Waals surface area contributed by atoms with E-state index in [1.165, 1.54) is 6.42 Å².